The third-order valence-electron chi connectivity index (χ3n) is 4.41. The number of rotatable bonds is 3. The van der Waals surface area contributed by atoms with Crippen molar-refractivity contribution in [3.8, 4) is 11.8 Å². The zero-order valence-corrected chi connectivity index (χ0v) is 15.9. The molecule has 1 aromatic heterocycles. The molecule has 1 aromatic carbocycles. The van der Waals surface area contributed by atoms with Gasteiger partial charge in [0.15, 0.2) is 5.13 Å². The molecule has 1 fully saturated rings. The van der Waals surface area contributed by atoms with Crippen molar-refractivity contribution in [2.45, 2.75) is 33.2 Å². The van der Waals surface area contributed by atoms with Crippen LogP contribution in [0.15, 0.2) is 24.3 Å². The molecule has 1 aliphatic heterocycles. The quantitative estimate of drug-likeness (QED) is 0.515. The van der Waals surface area contributed by atoms with Gasteiger partial charge in [-0.15, -0.1) is 11.3 Å². The van der Waals surface area contributed by atoms with Gasteiger partial charge in [-0.1, -0.05) is 29.8 Å². The van der Waals surface area contributed by atoms with Crippen LogP contribution in [-0.2, 0) is 4.79 Å². The van der Waals surface area contributed by atoms with Gasteiger partial charge in [-0.25, -0.2) is 4.98 Å². The highest BCUT2D eigenvalue weighted by atomic mass is 32.1. The second-order valence-corrected chi connectivity index (χ2v) is 7.67. The van der Waals surface area contributed by atoms with Crippen molar-refractivity contribution >= 4 is 28.2 Å². The highest BCUT2D eigenvalue weighted by Gasteiger charge is 2.25. The maximum atomic E-state index is 12.0. The molecule has 1 N–H and O–H groups in total. The van der Waals surface area contributed by atoms with Crippen LogP contribution in [0.3, 0.4) is 0 Å². The topological polar surface area (TPSA) is 62.3 Å². The number of hydrogen-bond acceptors (Lipinski definition) is 5. The fourth-order valence-electron chi connectivity index (χ4n) is 2.75. The molecule has 0 aliphatic carbocycles. The lowest BCUT2D eigenvalue weighted by Crippen LogP contribution is -2.36. The predicted molar refractivity (Wildman–Crippen MR) is 104 cm³/mol. The Morgan fingerprint density at radius 2 is 1.92 bits per heavy atom. The van der Waals surface area contributed by atoms with E-state index in [0.717, 1.165) is 29.4 Å². The van der Waals surface area contributed by atoms with Crippen LogP contribution in [0.4, 0.5) is 5.13 Å². The van der Waals surface area contributed by atoms with Gasteiger partial charge in [-0.05, 0) is 33.1 Å². The largest absolute Gasteiger partial charge is 0.346 e. The maximum Gasteiger partial charge on any atom is 0.296 e. The van der Waals surface area contributed by atoms with Crippen molar-refractivity contribution < 1.29 is 9.59 Å². The van der Waals surface area contributed by atoms with Gasteiger partial charge in [-0.3, -0.25) is 9.59 Å². The number of ketones is 1. The van der Waals surface area contributed by atoms with Gasteiger partial charge < -0.3 is 10.2 Å². The molecule has 0 bridgehead atoms. The number of carbonyl (C=O) groups is 2. The first-order valence-corrected chi connectivity index (χ1v) is 9.36. The Kier molecular flexibility index (Phi) is 5.38. The number of thiazole rings is 1. The van der Waals surface area contributed by atoms with Crippen LogP contribution in [0.1, 0.15) is 32.9 Å². The van der Waals surface area contributed by atoms with Crippen molar-refractivity contribution in [1.29, 1.82) is 0 Å². The standard InChI is InChI=1S/C20H21N3O2S/c1-13-4-6-16(7-5-13)18(24)8-9-19(25)22-17-10-11-23(12-17)20-21-14(2)15(3)26-20/h4-7,17H,10-12H2,1-3H3,(H,22,25). The molecule has 0 spiro atoms. The molecular weight excluding hydrogens is 346 g/mol. The molecule has 1 amide bonds. The SMILES string of the molecule is Cc1ccc(C(=O)C#CC(=O)NC2CCN(c3nc(C)c(C)s3)C2)cc1. The molecule has 1 aliphatic rings. The fraction of sp³-hybridized carbons (Fsp3) is 0.350. The van der Waals surface area contributed by atoms with Gasteiger partial charge in [0.25, 0.3) is 5.91 Å². The lowest BCUT2D eigenvalue weighted by atomic mass is 10.1. The minimum atomic E-state index is -0.413. The van der Waals surface area contributed by atoms with E-state index < -0.39 is 5.91 Å². The van der Waals surface area contributed by atoms with E-state index in [2.05, 4.69) is 34.0 Å². The number of amides is 1. The fourth-order valence-corrected chi connectivity index (χ4v) is 3.70. The van der Waals surface area contributed by atoms with E-state index >= 15 is 0 Å². The minimum absolute atomic E-state index is 0.0239. The van der Waals surface area contributed by atoms with Crippen LogP contribution in [0.5, 0.6) is 0 Å². The minimum Gasteiger partial charge on any atom is -0.346 e. The molecule has 0 saturated carbocycles. The van der Waals surface area contributed by atoms with Crippen LogP contribution >= 0.6 is 11.3 Å². The Hall–Kier alpha value is -2.65. The Morgan fingerprint density at radius 3 is 2.58 bits per heavy atom. The maximum absolute atomic E-state index is 12.0. The number of Topliss-reactive ketones (excluding diaryl/α,β-unsaturated/α-hetero) is 1. The number of hydrogen-bond donors (Lipinski definition) is 1. The lowest BCUT2D eigenvalue weighted by Gasteiger charge is -2.14. The predicted octanol–water partition coefficient (Wildman–Crippen LogP) is 2.65. The highest BCUT2D eigenvalue weighted by molar-refractivity contribution is 7.15. The summed E-state index contributed by atoms with van der Waals surface area (Å²) >= 11 is 1.67. The first-order valence-electron chi connectivity index (χ1n) is 8.55. The zero-order valence-electron chi connectivity index (χ0n) is 15.1. The first-order chi connectivity index (χ1) is 12.4. The molecule has 0 radical (unpaired) electrons. The van der Waals surface area contributed by atoms with E-state index in [-0.39, 0.29) is 11.8 Å². The Morgan fingerprint density at radius 1 is 1.19 bits per heavy atom. The van der Waals surface area contributed by atoms with Gasteiger partial charge in [0.05, 0.1) is 5.69 Å². The molecular formula is C20H21N3O2S. The number of aryl methyl sites for hydroxylation is 3. The van der Waals surface area contributed by atoms with Crippen molar-refractivity contribution in [3.05, 3.63) is 46.0 Å². The summed E-state index contributed by atoms with van der Waals surface area (Å²) in [5, 5.41) is 3.88. The Bertz CT molecular complexity index is 871. The summed E-state index contributed by atoms with van der Waals surface area (Å²) in [7, 11) is 0. The van der Waals surface area contributed by atoms with Crippen molar-refractivity contribution in [2.75, 3.05) is 18.0 Å². The molecule has 1 atom stereocenters. The van der Waals surface area contributed by atoms with Gasteiger partial charge in [-0.2, -0.15) is 0 Å². The smallest absolute Gasteiger partial charge is 0.296 e. The average molecular weight is 367 g/mol. The number of anilines is 1. The molecule has 26 heavy (non-hydrogen) atoms. The summed E-state index contributed by atoms with van der Waals surface area (Å²) in [4.78, 5) is 32.0. The third kappa shape index (κ3) is 4.30. The van der Waals surface area contributed by atoms with Crippen LogP contribution in [-0.4, -0.2) is 35.8 Å². The molecule has 1 unspecified atom stereocenters. The van der Waals surface area contributed by atoms with Gasteiger partial charge >= 0.3 is 0 Å². The Labute approximate surface area is 157 Å². The molecule has 6 heteroatoms. The number of carbonyl (C=O) groups excluding carboxylic acids is 2. The van der Waals surface area contributed by atoms with E-state index in [9.17, 15) is 9.59 Å². The van der Waals surface area contributed by atoms with Crippen LogP contribution in [0.2, 0.25) is 0 Å². The summed E-state index contributed by atoms with van der Waals surface area (Å²) in [5.41, 5.74) is 2.62. The monoisotopic (exact) mass is 367 g/mol. The van der Waals surface area contributed by atoms with Gasteiger partial charge in [0.2, 0.25) is 5.78 Å². The summed E-state index contributed by atoms with van der Waals surface area (Å²) in [6.45, 7) is 7.59. The molecule has 2 heterocycles. The summed E-state index contributed by atoms with van der Waals surface area (Å²) < 4.78 is 0. The number of nitrogens with zero attached hydrogens (tertiary/aromatic N) is 2. The van der Waals surface area contributed by atoms with Gasteiger partial charge in [0.1, 0.15) is 0 Å². The second-order valence-electron chi connectivity index (χ2n) is 6.49. The number of benzene rings is 1. The van der Waals surface area contributed by atoms with E-state index in [1.807, 2.05) is 26.0 Å². The average Bonchev–Trinajstić information content (AvgIpc) is 3.20. The van der Waals surface area contributed by atoms with E-state index in [0.29, 0.717) is 12.1 Å². The van der Waals surface area contributed by atoms with Gasteiger partial charge in [0, 0.05) is 35.5 Å². The molecule has 134 valence electrons. The normalized spacial score (nSPS) is 16.1. The summed E-state index contributed by atoms with van der Waals surface area (Å²) in [6, 6.07) is 7.17. The molecule has 1 saturated heterocycles. The third-order valence-corrected chi connectivity index (χ3v) is 5.55. The van der Waals surface area contributed by atoms with Crippen LogP contribution in [0.25, 0.3) is 0 Å². The lowest BCUT2D eigenvalue weighted by molar-refractivity contribution is -0.116. The first kappa shape index (κ1) is 18.2. The number of aromatic nitrogens is 1. The second kappa shape index (κ2) is 7.71. The molecule has 2 aromatic rings. The van der Waals surface area contributed by atoms with Crippen LogP contribution in [0, 0.1) is 32.6 Å². The van der Waals surface area contributed by atoms with E-state index in [1.54, 1.807) is 23.5 Å². The molecule has 3 rings (SSSR count). The zero-order chi connectivity index (χ0) is 18.7. The van der Waals surface area contributed by atoms with Crippen molar-refractivity contribution in [1.82, 2.24) is 10.3 Å². The van der Waals surface area contributed by atoms with E-state index in [4.69, 9.17) is 0 Å². The number of nitrogens with one attached hydrogen (secondary N) is 1. The van der Waals surface area contributed by atoms with E-state index in [1.165, 1.54) is 4.88 Å². The Balaban J connectivity index is 1.54. The van der Waals surface area contributed by atoms with Crippen molar-refractivity contribution in [3.63, 3.8) is 0 Å². The van der Waals surface area contributed by atoms with Crippen LogP contribution < -0.4 is 10.2 Å². The summed E-state index contributed by atoms with van der Waals surface area (Å²) in [6.07, 6.45) is 0.844. The molecule has 5 nitrogen and oxygen atoms in total. The van der Waals surface area contributed by atoms with Crippen molar-refractivity contribution in [2.24, 2.45) is 0 Å². The highest BCUT2D eigenvalue weighted by Crippen LogP contribution is 2.27. The summed E-state index contributed by atoms with van der Waals surface area (Å²) in [5.74, 6) is 4.07.